The summed E-state index contributed by atoms with van der Waals surface area (Å²) in [6.45, 7) is 6.18. The second-order valence-electron chi connectivity index (χ2n) is 4.55. The van der Waals surface area contributed by atoms with E-state index in [2.05, 4.69) is 41.9 Å². The van der Waals surface area contributed by atoms with Crippen LogP contribution in [0.5, 0.6) is 0 Å². The molecular formula is C15H15BrOS. The molecule has 3 heteroatoms. The van der Waals surface area contributed by atoms with Crippen molar-refractivity contribution in [3.05, 3.63) is 55.2 Å². The van der Waals surface area contributed by atoms with E-state index in [1.165, 1.54) is 11.1 Å². The summed E-state index contributed by atoms with van der Waals surface area (Å²) in [7, 11) is 0. The minimum Gasteiger partial charge on any atom is -0.293 e. The van der Waals surface area contributed by atoms with Crippen LogP contribution in [0.15, 0.2) is 28.7 Å². The van der Waals surface area contributed by atoms with E-state index in [0.29, 0.717) is 6.42 Å². The Balaban J connectivity index is 2.21. The summed E-state index contributed by atoms with van der Waals surface area (Å²) in [6.07, 6.45) is 0.472. The fourth-order valence-electron chi connectivity index (χ4n) is 1.85. The number of carbonyl (C=O) groups is 1. The summed E-state index contributed by atoms with van der Waals surface area (Å²) in [5.41, 5.74) is 3.59. The summed E-state index contributed by atoms with van der Waals surface area (Å²) in [5.74, 6) is 0.184. The van der Waals surface area contributed by atoms with Gasteiger partial charge in [-0.2, -0.15) is 0 Å². The van der Waals surface area contributed by atoms with Crippen LogP contribution in [-0.4, -0.2) is 5.78 Å². The lowest BCUT2D eigenvalue weighted by Gasteiger charge is -2.04. The number of benzene rings is 1. The molecule has 0 radical (unpaired) electrons. The van der Waals surface area contributed by atoms with Gasteiger partial charge in [-0.25, -0.2) is 0 Å². The molecule has 0 spiro atoms. The van der Waals surface area contributed by atoms with Gasteiger partial charge in [-0.3, -0.25) is 4.79 Å². The molecule has 0 amide bonds. The third kappa shape index (κ3) is 2.90. The molecule has 18 heavy (non-hydrogen) atoms. The maximum Gasteiger partial charge on any atom is 0.178 e. The van der Waals surface area contributed by atoms with Crippen LogP contribution in [0.3, 0.4) is 0 Å². The van der Waals surface area contributed by atoms with Crippen molar-refractivity contribution in [1.82, 2.24) is 0 Å². The average molecular weight is 323 g/mol. The highest BCUT2D eigenvalue weighted by Crippen LogP contribution is 2.28. The number of halogens is 1. The van der Waals surface area contributed by atoms with Crippen molar-refractivity contribution in [2.45, 2.75) is 27.2 Å². The van der Waals surface area contributed by atoms with Crippen LogP contribution in [0.2, 0.25) is 0 Å². The molecule has 0 N–H and O–H groups in total. The van der Waals surface area contributed by atoms with Gasteiger partial charge in [-0.15, -0.1) is 11.3 Å². The molecule has 2 aromatic rings. The Labute approximate surface area is 120 Å². The average Bonchev–Trinajstić information content (AvgIpc) is 2.63. The maximum atomic E-state index is 12.2. The molecule has 94 valence electrons. The van der Waals surface area contributed by atoms with Crippen LogP contribution in [-0.2, 0) is 6.42 Å². The summed E-state index contributed by atoms with van der Waals surface area (Å²) >= 11 is 5.00. The zero-order valence-corrected chi connectivity index (χ0v) is 13.1. The van der Waals surface area contributed by atoms with Crippen molar-refractivity contribution in [1.29, 1.82) is 0 Å². The predicted molar refractivity (Wildman–Crippen MR) is 80.7 cm³/mol. The monoisotopic (exact) mass is 322 g/mol. The topological polar surface area (TPSA) is 17.1 Å². The van der Waals surface area contributed by atoms with Gasteiger partial charge in [-0.1, -0.05) is 18.2 Å². The van der Waals surface area contributed by atoms with Crippen molar-refractivity contribution < 1.29 is 4.79 Å². The molecule has 1 nitrogen and oxygen atoms in total. The van der Waals surface area contributed by atoms with Gasteiger partial charge in [0.15, 0.2) is 5.78 Å². The van der Waals surface area contributed by atoms with Crippen molar-refractivity contribution in [2.24, 2.45) is 0 Å². The second kappa shape index (κ2) is 5.37. The van der Waals surface area contributed by atoms with Gasteiger partial charge in [0.2, 0.25) is 0 Å². The number of hydrogen-bond donors (Lipinski definition) is 0. The highest BCUT2D eigenvalue weighted by Gasteiger charge is 2.14. The Kier molecular flexibility index (Phi) is 4.03. The fourth-order valence-corrected chi connectivity index (χ4v) is 3.65. The number of rotatable bonds is 3. The van der Waals surface area contributed by atoms with E-state index in [0.717, 1.165) is 19.8 Å². The van der Waals surface area contributed by atoms with Gasteiger partial charge in [0, 0.05) is 15.8 Å². The highest BCUT2D eigenvalue weighted by atomic mass is 79.9. The second-order valence-corrected chi connectivity index (χ2v) is 6.66. The third-order valence-electron chi connectivity index (χ3n) is 3.00. The lowest BCUT2D eigenvalue weighted by molar-refractivity contribution is 0.0996. The molecule has 0 unspecified atom stereocenters. The molecule has 1 aromatic heterocycles. The summed E-state index contributed by atoms with van der Waals surface area (Å²) in [4.78, 5) is 14.2. The molecule has 2 rings (SSSR count). The SMILES string of the molecule is Cc1cc(Br)c(C(=O)Cc2ccc(C)c(C)c2)s1. The van der Waals surface area contributed by atoms with Gasteiger partial charge >= 0.3 is 0 Å². The maximum absolute atomic E-state index is 12.2. The lowest BCUT2D eigenvalue weighted by Crippen LogP contribution is -2.02. The number of aryl methyl sites for hydroxylation is 3. The zero-order chi connectivity index (χ0) is 13.3. The molecule has 0 bridgehead atoms. The standard InChI is InChI=1S/C15H15BrOS/c1-9-4-5-12(6-10(9)2)8-14(17)15-13(16)7-11(3)18-15/h4-7H,8H2,1-3H3. The molecular weight excluding hydrogens is 308 g/mol. The van der Waals surface area contributed by atoms with E-state index in [-0.39, 0.29) is 5.78 Å². The smallest absolute Gasteiger partial charge is 0.178 e. The summed E-state index contributed by atoms with van der Waals surface area (Å²) < 4.78 is 0.916. The Morgan fingerprint density at radius 3 is 2.44 bits per heavy atom. The van der Waals surface area contributed by atoms with E-state index in [1.54, 1.807) is 11.3 Å². The first-order valence-electron chi connectivity index (χ1n) is 5.82. The fraction of sp³-hybridized carbons (Fsp3) is 0.267. The summed E-state index contributed by atoms with van der Waals surface area (Å²) in [6, 6.07) is 8.21. The van der Waals surface area contributed by atoms with E-state index >= 15 is 0 Å². The molecule has 1 heterocycles. The van der Waals surface area contributed by atoms with Crippen LogP contribution >= 0.6 is 27.3 Å². The first kappa shape index (κ1) is 13.5. The van der Waals surface area contributed by atoms with Crippen molar-refractivity contribution in [3.63, 3.8) is 0 Å². The lowest BCUT2D eigenvalue weighted by atomic mass is 10.0. The number of thiophene rings is 1. The molecule has 0 aliphatic heterocycles. The normalized spacial score (nSPS) is 10.7. The van der Waals surface area contributed by atoms with E-state index in [1.807, 2.05) is 19.1 Å². The summed E-state index contributed by atoms with van der Waals surface area (Å²) in [5, 5.41) is 0. The first-order chi connectivity index (χ1) is 8.47. The number of ketones is 1. The minimum absolute atomic E-state index is 0.184. The Morgan fingerprint density at radius 2 is 1.89 bits per heavy atom. The van der Waals surface area contributed by atoms with Gasteiger partial charge in [0.1, 0.15) is 0 Å². The molecule has 1 aromatic carbocycles. The van der Waals surface area contributed by atoms with E-state index < -0.39 is 0 Å². The van der Waals surface area contributed by atoms with Gasteiger partial charge in [0.25, 0.3) is 0 Å². The predicted octanol–water partition coefficient (Wildman–Crippen LogP) is 4.86. The van der Waals surface area contributed by atoms with Crippen LogP contribution < -0.4 is 0 Å². The Bertz CT molecular complexity index is 599. The molecule has 0 saturated heterocycles. The van der Waals surface area contributed by atoms with Crippen LogP contribution in [0.1, 0.15) is 31.2 Å². The van der Waals surface area contributed by atoms with Crippen molar-refractivity contribution >= 4 is 33.0 Å². The van der Waals surface area contributed by atoms with Gasteiger partial charge in [0.05, 0.1) is 4.88 Å². The van der Waals surface area contributed by atoms with Crippen molar-refractivity contribution in [2.75, 3.05) is 0 Å². The first-order valence-corrected chi connectivity index (χ1v) is 7.43. The third-order valence-corrected chi connectivity index (χ3v) is 4.98. The van der Waals surface area contributed by atoms with Crippen molar-refractivity contribution in [3.8, 4) is 0 Å². The molecule has 0 aliphatic carbocycles. The number of Topliss-reactive ketones (excluding diaryl/α,β-unsaturated/α-hetero) is 1. The quantitative estimate of drug-likeness (QED) is 0.737. The Hall–Kier alpha value is -0.930. The molecule has 0 atom stereocenters. The molecule has 0 aliphatic rings. The zero-order valence-electron chi connectivity index (χ0n) is 10.7. The number of carbonyl (C=O) groups excluding carboxylic acids is 1. The van der Waals surface area contributed by atoms with Crippen LogP contribution in [0, 0.1) is 20.8 Å². The van der Waals surface area contributed by atoms with Gasteiger partial charge in [-0.05, 0) is 59.5 Å². The van der Waals surface area contributed by atoms with E-state index in [9.17, 15) is 4.79 Å². The molecule has 0 saturated carbocycles. The molecule has 0 fully saturated rings. The van der Waals surface area contributed by atoms with Crippen LogP contribution in [0.4, 0.5) is 0 Å². The van der Waals surface area contributed by atoms with E-state index in [4.69, 9.17) is 0 Å². The van der Waals surface area contributed by atoms with Crippen LogP contribution in [0.25, 0.3) is 0 Å². The minimum atomic E-state index is 0.184. The Morgan fingerprint density at radius 1 is 1.17 bits per heavy atom. The largest absolute Gasteiger partial charge is 0.293 e. The highest BCUT2D eigenvalue weighted by molar-refractivity contribution is 9.10. The van der Waals surface area contributed by atoms with Gasteiger partial charge < -0.3 is 0 Å². The number of hydrogen-bond acceptors (Lipinski definition) is 2.